The summed E-state index contributed by atoms with van der Waals surface area (Å²) in [4.78, 5) is 10.7. The van der Waals surface area contributed by atoms with Gasteiger partial charge in [-0.15, -0.1) is 0 Å². The van der Waals surface area contributed by atoms with Crippen LogP contribution in [0.15, 0.2) is 0 Å². The van der Waals surface area contributed by atoms with Crippen molar-refractivity contribution in [2.24, 2.45) is 0 Å². The first-order valence-electron chi connectivity index (χ1n) is 4.18. The zero-order chi connectivity index (χ0) is 10.0. The van der Waals surface area contributed by atoms with Gasteiger partial charge in [-0.2, -0.15) is 0 Å². The molecule has 1 aliphatic rings. The maximum absolute atomic E-state index is 10.7. The molecule has 1 saturated heterocycles. The molecule has 5 heteroatoms. The number of ketones is 1. The van der Waals surface area contributed by atoms with E-state index in [1.54, 1.807) is 0 Å². The van der Waals surface area contributed by atoms with Gasteiger partial charge in [0.25, 0.3) is 0 Å². The van der Waals surface area contributed by atoms with Gasteiger partial charge in [0.15, 0.2) is 0 Å². The number of hydrogen-bond donors (Lipinski definition) is 3. The Morgan fingerprint density at radius 2 is 1.85 bits per heavy atom. The van der Waals surface area contributed by atoms with Crippen LogP contribution < -0.4 is 0 Å². The molecule has 1 aliphatic heterocycles. The van der Waals surface area contributed by atoms with Crippen molar-refractivity contribution in [3.05, 3.63) is 0 Å². The van der Waals surface area contributed by atoms with Crippen LogP contribution in [0.1, 0.15) is 13.3 Å². The van der Waals surface area contributed by atoms with E-state index >= 15 is 0 Å². The third kappa shape index (κ3) is 2.25. The molecule has 0 aromatic heterocycles. The number of carbonyl (C=O) groups is 1. The van der Waals surface area contributed by atoms with E-state index in [0.29, 0.717) is 0 Å². The molecule has 5 nitrogen and oxygen atoms in total. The summed E-state index contributed by atoms with van der Waals surface area (Å²) in [5.74, 6) is -0.116. The summed E-state index contributed by atoms with van der Waals surface area (Å²) >= 11 is 0. The first-order valence-corrected chi connectivity index (χ1v) is 4.18. The van der Waals surface area contributed by atoms with Gasteiger partial charge in [0.2, 0.25) is 0 Å². The lowest BCUT2D eigenvalue weighted by Crippen LogP contribution is -2.34. The lowest BCUT2D eigenvalue weighted by molar-refractivity contribution is -0.121. The van der Waals surface area contributed by atoms with Gasteiger partial charge in [0.1, 0.15) is 24.1 Å². The van der Waals surface area contributed by atoms with Crippen LogP contribution in [0.25, 0.3) is 0 Å². The summed E-state index contributed by atoms with van der Waals surface area (Å²) < 4.78 is 5.08. The second-order valence-electron chi connectivity index (χ2n) is 3.28. The fourth-order valence-corrected chi connectivity index (χ4v) is 1.43. The molecule has 1 fully saturated rings. The highest BCUT2D eigenvalue weighted by Gasteiger charge is 2.42. The Morgan fingerprint density at radius 3 is 2.23 bits per heavy atom. The van der Waals surface area contributed by atoms with Gasteiger partial charge >= 0.3 is 0 Å². The second kappa shape index (κ2) is 4.15. The number of rotatable bonds is 3. The Kier molecular flexibility index (Phi) is 3.38. The highest BCUT2D eigenvalue weighted by Crippen LogP contribution is 2.23. The van der Waals surface area contributed by atoms with E-state index in [0.717, 1.165) is 0 Å². The average Bonchev–Trinajstić information content (AvgIpc) is 2.32. The molecule has 0 aromatic carbocycles. The van der Waals surface area contributed by atoms with E-state index in [1.807, 2.05) is 0 Å². The van der Waals surface area contributed by atoms with Crippen LogP contribution in [0.4, 0.5) is 0 Å². The predicted octanol–water partition coefficient (Wildman–Crippen LogP) is -1.55. The van der Waals surface area contributed by atoms with Gasteiger partial charge < -0.3 is 20.1 Å². The molecule has 1 rings (SSSR count). The monoisotopic (exact) mass is 190 g/mol. The molecule has 0 amide bonds. The van der Waals surface area contributed by atoms with Gasteiger partial charge in [-0.05, 0) is 6.92 Å². The zero-order valence-corrected chi connectivity index (χ0v) is 7.38. The van der Waals surface area contributed by atoms with Crippen LogP contribution in [0.5, 0.6) is 0 Å². The van der Waals surface area contributed by atoms with E-state index in [9.17, 15) is 15.0 Å². The fraction of sp³-hybridized carbons (Fsp3) is 0.875. The Bertz CT molecular complexity index is 193. The highest BCUT2D eigenvalue weighted by atomic mass is 16.6. The molecule has 0 aromatic rings. The van der Waals surface area contributed by atoms with Crippen molar-refractivity contribution >= 4 is 5.78 Å². The number of aliphatic hydroxyl groups excluding tert-OH is 3. The minimum absolute atomic E-state index is 0.0642. The van der Waals surface area contributed by atoms with Gasteiger partial charge in [-0.3, -0.25) is 4.79 Å². The molecule has 76 valence electrons. The van der Waals surface area contributed by atoms with E-state index in [-0.39, 0.29) is 18.8 Å². The Labute approximate surface area is 75.9 Å². The van der Waals surface area contributed by atoms with Crippen LogP contribution in [-0.2, 0) is 9.53 Å². The van der Waals surface area contributed by atoms with Crippen molar-refractivity contribution in [3.8, 4) is 0 Å². The minimum Gasteiger partial charge on any atom is -0.394 e. The van der Waals surface area contributed by atoms with Gasteiger partial charge in [0.05, 0.1) is 12.7 Å². The molecule has 0 aliphatic carbocycles. The van der Waals surface area contributed by atoms with Gasteiger partial charge in [0, 0.05) is 6.42 Å². The van der Waals surface area contributed by atoms with Crippen molar-refractivity contribution in [2.45, 2.75) is 37.8 Å². The van der Waals surface area contributed by atoms with Crippen LogP contribution >= 0.6 is 0 Å². The van der Waals surface area contributed by atoms with Crippen molar-refractivity contribution in [1.29, 1.82) is 0 Å². The van der Waals surface area contributed by atoms with Gasteiger partial charge in [-0.25, -0.2) is 0 Å². The van der Waals surface area contributed by atoms with E-state index in [4.69, 9.17) is 9.84 Å². The second-order valence-corrected chi connectivity index (χ2v) is 3.28. The quantitative estimate of drug-likeness (QED) is 0.501. The topological polar surface area (TPSA) is 87.0 Å². The van der Waals surface area contributed by atoms with Crippen LogP contribution in [-0.4, -0.2) is 52.1 Å². The summed E-state index contributed by atoms with van der Waals surface area (Å²) in [6.07, 6.45) is -3.59. The number of Topliss-reactive ketones (excluding diaryl/α,β-unsaturated/α-hetero) is 1. The molecular weight excluding hydrogens is 176 g/mol. The molecule has 13 heavy (non-hydrogen) atoms. The number of carbonyl (C=O) groups excluding carboxylic acids is 1. The predicted molar refractivity (Wildman–Crippen MR) is 43.1 cm³/mol. The molecule has 0 saturated carbocycles. The molecule has 0 unspecified atom stereocenters. The summed E-state index contributed by atoms with van der Waals surface area (Å²) in [5, 5.41) is 27.4. The van der Waals surface area contributed by atoms with Crippen molar-refractivity contribution in [3.63, 3.8) is 0 Å². The number of hydrogen-bond acceptors (Lipinski definition) is 5. The molecule has 0 bridgehead atoms. The molecule has 0 radical (unpaired) electrons. The lowest BCUT2D eigenvalue weighted by Gasteiger charge is -2.11. The largest absolute Gasteiger partial charge is 0.394 e. The molecule has 3 N–H and O–H groups in total. The zero-order valence-electron chi connectivity index (χ0n) is 7.38. The maximum Gasteiger partial charge on any atom is 0.132 e. The maximum atomic E-state index is 10.7. The van der Waals surface area contributed by atoms with Crippen molar-refractivity contribution < 1.29 is 24.9 Å². The van der Waals surface area contributed by atoms with Crippen molar-refractivity contribution in [1.82, 2.24) is 0 Å². The fourth-order valence-electron chi connectivity index (χ4n) is 1.43. The van der Waals surface area contributed by atoms with Crippen LogP contribution in [0.3, 0.4) is 0 Å². The Morgan fingerprint density at radius 1 is 1.31 bits per heavy atom. The lowest BCUT2D eigenvalue weighted by atomic mass is 10.0. The summed E-state index contributed by atoms with van der Waals surface area (Å²) in [6, 6.07) is 0. The average molecular weight is 190 g/mol. The molecule has 1 heterocycles. The molecular formula is C8H14O5. The molecule has 4 atom stereocenters. The highest BCUT2D eigenvalue weighted by molar-refractivity contribution is 5.76. The SMILES string of the molecule is CC(=O)C[C@H]1O[C@H](CO)[C@@H](O)[C@@H]1O. The van der Waals surface area contributed by atoms with Crippen LogP contribution in [0, 0.1) is 0 Å². The van der Waals surface area contributed by atoms with E-state index in [1.165, 1.54) is 6.92 Å². The summed E-state index contributed by atoms with van der Waals surface area (Å²) in [6.45, 7) is 1.03. The third-order valence-electron chi connectivity index (χ3n) is 2.13. The number of ether oxygens (including phenoxy) is 1. The van der Waals surface area contributed by atoms with Crippen LogP contribution in [0.2, 0.25) is 0 Å². The Hall–Kier alpha value is -0.490. The summed E-state index contributed by atoms with van der Waals surface area (Å²) in [5.41, 5.74) is 0. The first kappa shape index (κ1) is 10.6. The van der Waals surface area contributed by atoms with Crippen molar-refractivity contribution in [2.75, 3.05) is 6.61 Å². The van der Waals surface area contributed by atoms with E-state index < -0.39 is 24.4 Å². The van der Waals surface area contributed by atoms with Gasteiger partial charge in [-0.1, -0.05) is 0 Å². The first-order chi connectivity index (χ1) is 6.06. The number of aliphatic hydroxyl groups is 3. The molecule has 0 spiro atoms. The minimum atomic E-state index is -1.10. The normalized spacial score (nSPS) is 39.4. The summed E-state index contributed by atoms with van der Waals surface area (Å²) in [7, 11) is 0. The smallest absolute Gasteiger partial charge is 0.132 e. The Balaban J connectivity index is 2.55. The standard InChI is InChI=1S/C8H14O5/c1-4(10)2-5-7(11)8(12)6(3-9)13-5/h5-9,11-12H,2-3H2,1H3/t5-,6-,7-,8-/m1/s1. The van der Waals surface area contributed by atoms with E-state index in [2.05, 4.69) is 0 Å². The third-order valence-corrected chi connectivity index (χ3v) is 2.13.